The van der Waals surface area contributed by atoms with Gasteiger partial charge in [0.1, 0.15) is 61.0 Å². The summed E-state index contributed by atoms with van der Waals surface area (Å²) in [6, 6.07) is 0. The Balaban J connectivity index is 0.000000109. The topological polar surface area (TPSA) is 157 Å². The molecule has 30 heavy (non-hydrogen) atoms. The Kier molecular flexibility index (Phi) is 7.27. The predicted molar refractivity (Wildman–Crippen MR) is 97.6 cm³/mol. The van der Waals surface area contributed by atoms with Crippen molar-refractivity contribution >= 4 is 0 Å². The monoisotopic (exact) mass is 436 g/mol. The first-order valence-corrected chi connectivity index (χ1v) is 10.5. The molecule has 0 radical (unpaired) electrons. The van der Waals surface area contributed by atoms with Crippen LogP contribution in [0.4, 0.5) is 0 Å². The standard InChI is InChI=1S/C7H12O3.2C6H10O4/c1-4-2-9-7-5(8)3-10-6(4)7;2*7-3-1-9-6-4(8)2-10-5(3)6/h4-8H,2-3H2,1H3;2*3-8H,1-2H2/t4-,5-,6+,7+;3-,4+,5-,6-;3-,4-,5-,6-/m011/s1. The highest BCUT2D eigenvalue weighted by Crippen LogP contribution is 2.30. The maximum atomic E-state index is 9.27. The average Bonchev–Trinajstić information content (AvgIpc) is 3.52. The van der Waals surface area contributed by atoms with Crippen molar-refractivity contribution in [2.24, 2.45) is 5.92 Å². The normalized spacial score (nSPS) is 53.4. The third-order valence-corrected chi connectivity index (χ3v) is 6.28. The van der Waals surface area contributed by atoms with Gasteiger partial charge in [-0.25, -0.2) is 0 Å². The minimum atomic E-state index is -0.554. The van der Waals surface area contributed by atoms with Crippen LogP contribution in [0.25, 0.3) is 0 Å². The summed E-state index contributed by atoms with van der Waals surface area (Å²) in [6.45, 7) is 4.40. The van der Waals surface area contributed by atoms with Gasteiger partial charge in [-0.15, -0.1) is 0 Å². The van der Waals surface area contributed by atoms with E-state index < -0.39 is 30.5 Å². The minimum absolute atomic E-state index is 0.0463. The van der Waals surface area contributed by atoms with E-state index in [1.54, 1.807) is 0 Å². The quantitative estimate of drug-likeness (QED) is 0.260. The first-order chi connectivity index (χ1) is 14.4. The fraction of sp³-hybridized carbons (Fsp3) is 1.00. The first-order valence-electron chi connectivity index (χ1n) is 10.5. The molecule has 0 aromatic heterocycles. The summed E-state index contributed by atoms with van der Waals surface area (Å²) in [5.74, 6) is 0.446. The summed E-state index contributed by atoms with van der Waals surface area (Å²) in [5, 5.41) is 45.9. The van der Waals surface area contributed by atoms with Gasteiger partial charge in [0.15, 0.2) is 0 Å². The van der Waals surface area contributed by atoms with Gasteiger partial charge >= 0.3 is 0 Å². The van der Waals surface area contributed by atoms with E-state index >= 15 is 0 Å². The summed E-state index contributed by atoms with van der Waals surface area (Å²) in [4.78, 5) is 0. The molecule has 11 heteroatoms. The molecule has 5 N–H and O–H groups in total. The average molecular weight is 436 g/mol. The predicted octanol–water partition coefficient (Wildman–Crippen LogP) is -3.21. The van der Waals surface area contributed by atoms with Gasteiger partial charge in [0.25, 0.3) is 0 Å². The summed E-state index contributed by atoms with van der Waals surface area (Å²) in [6.07, 6.45) is -3.69. The Morgan fingerprint density at radius 3 is 0.933 bits per heavy atom. The van der Waals surface area contributed by atoms with E-state index in [-0.39, 0.29) is 63.1 Å². The zero-order valence-corrected chi connectivity index (χ0v) is 16.9. The van der Waals surface area contributed by atoms with Crippen molar-refractivity contribution in [2.75, 3.05) is 39.6 Å². The molecule has 0 aliphatic carbocycles. The van der Waals surface area contributed by atoms with Gasteiger partial charge in [0.2, 0.25) is 0 Å². The van der Waals surface area contributed by atoms with E-state index in [4.69, 9.17) is 48.8 Å². The van der Waals surface area contributed by atoms with Crippen molar-refractivity contribution in [3.63, 3.8) is 0 Å². The summed E-state index contributed by atoms with van der Waals surface area (Å²) in [5.41, 5.74) is 0. The highest BCUT2D eigenvalue weighted by Gasteiger charge is 2.47. The van der Waals surface area contributed by atoms with Crippen LogP contribution in [0.3, 0.4) is 0 Å². The van der Waals surface area contributed by atoms with Crippen LogP contribution in [0.2, 0.25) is 0 Å². The first kappa shape index (κ1) is 22.7. The number of aliphatic hydroxyl groups excluding tert-OH is 5. The molecular formula is C19H32O11. The van der Waals surface area contributed by atoms with E-state index in [0.717, 1.165) is 6.61 Å². The second kappa shape index (κ2) is 9.59. The second-order valence-corrected chi connectivity index (χ2v) is 8.60. The summed E-state index contributed by atoms with van der Waals surface area (Å²) < 4.78 is 31.0. The van der Waals surface area contributed by atoms with Gasteiger partial charge in [-0.1, -0.05) is 6.92 Å². The van der Waals surface area contributed by atoms with Crippen LogP contribution in [-0.2, 0) is 28.4 Å². The number of hydrogen-bond acceptors (Lipinski definition) is 11. The molecule has 174 valence electrons. The lowest BCUT2D eigenvalue weighted by molar-refractivity contribution is 0.00201. The number of fused-ring (bicyclic) bond motifs is 3. The molecule has 6 aliphatic heterocycles. The molecule has 6 aliphatic rings. The Hall–Kier alpha value is -0.440. The fourth-order valence-corrected chi connectivity index (χ4v) is 4.59. The van der Waals surface area contributed by atoms with E-state index in [9.17, 15) is 5.11 Å². The highest BCUT2D eigenvalue weighted by molar-refractivity contribution is 4.95. The second-order valence-electron chi connectivity index (χ2n) is 8.60. The molecule has 0 spiro atoms. The van der Waals surface area contributed by atoms with E-state index in [1.807, 2.05) is 0 Å². The maximum Gasteiger partial charge on any atom is 0.114 e. The zero-order chi connectivity index (χ0) is 21.4. The van der Waals surface area contributed by atoms with Crippen LogP contribution in [0, 0.1) is 5.92 Å². The molecule has 12 atom stereocenters. The lowest BCUT2D eigenvalue weighted by Gasteiger charge is -2.10. The zero-order valence-electron chi connectivity index (χ0n) is 16.9. The van der Waals surface area contributed by atoms with Crippen LogP contribution in [0.1, 0.15) is 6.92 Å². The van der Waals surface area contributed by atoms with Crippen molar-refractivity contribution in [3.8, 4) is 0 Å². The van der Waals surface area contributed by atoms with E-state index in [0.29, 0.717) is 12.5 Å². The molecule has 6 saturated heterocycles. The van der Waals surface area contributed by atoms with Crippen LogP contribution < -0.4 is 0 Å². The molecule has 0 aromatic carbocycles. The Labute approximate surface area is 174 Å². The lowest BCUT2D eigenvalue weighted by Crippen LogP contribution is -2.30. The fourth-order valence-electron chi connectivity index (χ4n) is 4.59. The minimum Gasteiger partial charge on any atom is -0.388 e. The van der Waals surface area contributed by atoms with Gasteiger partial charge in [-0.05, 0) is 0 Å². The van der Waals surface area contributed by atoms with Crippen molar-refractivity contribution in [3.05, 3.63) is 0 Å². The van der Waals surface area contributed by atoms with Gasteiger partial charge in [-0.2, -0.15) is 0 Å². The molecule has 0 bridgehead atoms. The van der Waals surface area contributed by atoms with Gasteiger partial charge in [0.05, 0.1) is 45.7 Å². The molecule has 6 fully saturated rings. The van der Waals surface area contributed by atoms with Crippen molar-refractivity contribution < 1.29 is 54.0 Å². The van der Waals surface area contributed by atoms with Crippen molar-refractivity contribution in [1.82, 2.24) is 0 Å². The van der Waals surface area contributed by atoms with E-state index in [1.165, 1.54) is 0 Å². The molecular weight excluding hydrogens is 404 g/mol. The van der Waals surface area contributed by atoms with Crippen LogP contribution in [-0.4, -0.2) is 132 Å². The van der Waals surface area contributed by atoms with Gasteiger partial charge < -0.3 is 54.0 Å². The van der Waals surface area contributed by atoms with Crippen LogP contribution >= 0.6 is 0 Å². The molecule has 0 unspecified atom stereocenters. The molecule has 0 saturated carbocycles. The van der Waals surface area contributed by atoms with Gasteiger partial charge in [-0.3, -0.25) is 0 Å². The Morgan fingerprint density at radius 1 is 0.400 bits per heavy atom. The number of ether oxygens (including phenoxy) is 6. The van der Waals surface area contributed by atoms with Crippen molar-refractivity contribution in [1.29, 1.82) is 0 Å². The SMILES string of the molecule is C[C@H]1CO[C@H]2[C@@H]1OC[C@@H]2O.O[C@@H]1CO[C@H]2[C@@H]1OC[C@@H]2O.O[C@@H]1CO[C@H]2[C@@H]1OC[C@H]2O. The third-order valence-electron chi connectivity index (χ3n) is 6.28. The Morgan fingerprint density at radius 2 is 0.633 bits per heavy atom. The largest absolute Gasteiger partial charge is 0.388 e. The molecule has 0 amide bonds. The summed E-state index contributed by atoms with van der Waals surface area (Å²) in [7, 11) is 0. The smallest absolute Gasteiger partial charge is 0.114 e. The molecule has 0 aromatic rings. The van der Waals surface area contributed by atoms with Gasteiger partial charge in [0, 0.05) is 5.92 Å². The maximum absolute atomic E-state index is 9.27. The number of hydrogen-bond donors (Lipinski definition) is 5. The molecule has 11 nitrogen and oxygen atoms in total. The number of rotatable bonds is 0. The highest BCUT2D eigenvalue weighted by atomic mass is 16.6. The van der Waals surface area contributed by atoms with E-state index in [2.05, 4.69) is 6.92 Å². The van der Waals surface area contributed by atoms with Crippen LogP contribution in [0.5, 0.6) is 0 Å². The Bertz CT molecular complexity index is 441. The van der Waals surface area contributed by atoms with Crippen LogP contribution in [0.15, 0.2) is 0 Å². The lowest BCUT2D eigenvalue weighted by atomic mass is 10.0. The summed E-state index contributed by atoms with van der Waals surface area (Å²) >= 11 is 0. The van der Waals surface area contributed by atoms with Crippen molar-refractivity contribution in [2.45, 2.75) is 74.1 Å². The molecule has 6 heterocycles. The number of aliphatic hydroxyl groups is 5. The molecule has 6 rings (SSSR count). The third kappa shape index (κ3) is 4.52.